The summed E-state index contributed by atoms with van der Waals surface area (Å²) in [4.78, 5) is 24.1. The van der Waals surface area contributed by atoms with Crippen LogP contribution in [0.1, 0.15) is 22.2 Å². The van der Waals surface area contributed by atoms with E-state index in [2.05, 4.69) is 25.6 Å². The van der Waals surface area contributed by atoms with Crippen LogP contribution >= 0.6 is 11.6 Å². The second-order valence-corrected chi connectivity index (χ2v) is 5.94. The molecular weight excluding hydrogens is 349 g/mol. The fourth-order valence-electron chi connectivity index (χ4n) is 2.52. The molecule has 2 aromatic heterocycles. The van der Waals surface area contributed by atoms with E-state index in [4.69, 9.17) is 16.3 Å². The van der Waals surface area contributed by atoms with Crippen molar-refractivity contribution >= 4 is 17.5 Å². The predicted molar refractivity (Wildman–Crippen MR) is 90.1 cm³/mol. The summed E-state index contributed by atoms with van der Waals surface area (Å²) in [6, 6.07) is 4.75. The summed E-state index contributed by atoms with van der Waals surface area (Å²) >= 11 is 6.13. The predicted octanol–water partition coefficient (Wildman–Crippen LogP) is 1.55. The van der Waals surface area contributed by atoms with E-state index in [0.717, 1.165) is 5.56 Å². The maximum Gasteiger partial charge on any atom is 0.269 e. The number of carbonyl (C=O) groups is 1. The highest BCUT2D eigenvalue weighted by molar-refractivity contribution is 6.29. The summed E-state index contributed by atoms with van der Waals surface area (Å²) < 4.78 is 18.4. The Morgan fingerprint density at radius 3 is 2.92 bits per heavy atom. The number of halogens is 2. The first-order valence-electron chi connectivity index (χ1n) is 7.73. The fraction of sp³-hybridized carbons (Fsp3) is 0.375. The van der Waals surface area contributed by atoms with Crippen molar-refractivity contribution in [2.75, 3.05) is 26.9 Å². The molecule has 1 aliphatic rings. The Balaban J connectivity index is 1.88. The van der Waals surface area contributed by atoms with Crippen LogP contribution in [0.3, 0.4) is 0 Å². The standard InChI is InChI=1S/C16H17ClFN5O2/c1-19-16(24)13-4-11(21-8-22-13)12-2-9(3-15(17)23-12)14-6-20-10(5-18)7-25-14/h2-4,8,10,14,20H,5-7H2,1H3,(H,19,24)/t10-,14-/m0/s1. The number of nitrogens with zero attached hydrogens (tertiary/aromatic N) is 3. The highest BCUT2D eigenvalue weighted by Crippen LogP contribution is 2.27. The van der Waals surface area contributed by atoms with Crippen LogP contribution in [0, 0.1) is 0 Å². The van der Waals surface area contributed by atoms with E-state index in [1.807, 2.05) is 0 Å². The molecule has 9 heteroatoms. The Morgan fingerprint density at radius 1 is 1.40 bits per heavy atom. The summed E-state index contributed by atoms with van der Waals surface area (Å²) in [6.45, 7) is 0.282. The van der Waals surface area contributed by atoms with Crippen LogP contribution in [-0.2, 0) is 4.74 Å². The van der Waals surface area contributed by atoms with E-state index in [0.29, 0.717) is 17.9 Å². The van der Waals surface area contributed by atoms with Crippen molar-refractivity contribution in [2.24, 2.45) is 0 Å². The van der Waals surface area contributed by atoms with Gasteiger partial charge in [-0.15, -0.1) is 0 Å². The van der Waals surface area contributed by atoms with Crippen molar-refractivity contribution in [3.05, 3.63) is 40.9 Å². The second kappa shape index (κ2) is 7.81. The minimum absolute atomic E-state index is 0.234. The molecule has 2 N–H and O–H groups in total. The molecule has 132 valence electrons. The topological polar surface area (TPSA) is 89.0 Å². The van der Waals surface area contributed by atoms with Gasteiger partial charge in [0, 0.05) is 13.6 Å². The SMILES string of the molecule is CNC(=O)c1cc(-c2cc([C@@H]3CN[C@@H](CF)CO3)cc(Cl)n2)ncn1. The zero-order valence-corrected chi connectivity index (χ0v) is 14.3. The van der Waals surface area contributed by atoms with E-state index in [1.54, 1.807) is 18.2 Å². The van der Waals surface area contributed by atoms with Crippen LogP contribution in [0.5, 0.6) is 0 Å². The van der Waals surface area contributed by atoms with Gasteiger partial charge in [-0.2, -0.15) is 0 Å². The van der Waals surface area contributed by atoms with Crippen molar-refractivity contribution in [3.63, 3.8) is 0 Å². The van der Waals surface area contributed by atoms with Gasteiger partial charge in [-0.3, -0.25) is 4.79 Å². The Labute approximate surface area is 149 Å². The van der Waals surface area contributed by atoms with Gasteiger partial charge in [-0.05, 0) is 23.8 Å². The van der Waals surface area contributed by atoms with Crippen LogP contribution in [0.15, 0.2) is 24.5 Å². The van der Waals surface area contributed by atoms with E-state index >= 15 is 0 Å². The summed E-state index contributed by atoms with van der Waals surface area (Å²) in [5.74, 6) is -0.317. The van der Waals surface area contributed by atoms with Crippen molar-refractivity contribution in [1.82, 2.24) is 25.6 Å². The van der Waals surface area contributed by atoms with Crippen LogP contribution in [-0.4, -0.2) is 53.8 Å². The number of amides is 1. The maximum atomic E-state index is 12.7. The van der Waals surface area contributed by atoms with Gasteiger partial charge in [0.25, 0.3) is 5.91 Å². The van der Waals surface area contributed by atoms with Gasteiger partial charge in [0.05, 0.1) is 30.1 Å². The molecule has 2 aromatic rings. The van der Waals surface area contributed by atoms with Crippen molar-refractivity contribution in [2.45, 2.75) is 12.1 Å². The summed E-state index contributed by atoms with van der Waals surface area (Å²) in [5, 5.41) is 5.88. The third kappa shape index (κ3) is 4.09. The van der Waals surface area contributed by atoms with E-state index < -0.39 is 6.67 Å². The lowest BCUT2D eigenvalue weighted by molar-refractivity contribution is -0.00205. The number of aromatic nitrogens is 3. The quantitative estimate of drug-likeness (QED) is 0.799. The molecule has 1 fully saturated rings. The van der Waals surface area contributed by atoms with Gasteiger partial charge >= 0.3 is 0 Å². The number of ether oxygens (including phenoxy) is 1. The number of nitrogens with one attached hydrogen (secondary N) is 2. The molecule has 25 heavy (non-hydrogen) atoms. The van der Waals surface area contributed by atoms with Crippen LogP contribution in [0.2, 0.25) is 5.15 Å². The highest BCUT2D eigenvalue weighted by atomic mass is 35.5. The Kier molecular flexibility index (Phi) is 5.52. The fourth-order valence-corrected chi connectivity index (χ4v) is 2.74. The number of morpholine rings is 1. The normalized spacial score (nSPS) is 20.3. The maximum absolute atomic E-state index is 12.7. The van der Waals surface area contributed by atoms with E-state index in [-0.39, 0.29) is 35.5 Å². The number of hydrogen-bond donors (Lipinski definition) is 2. The first-order valence-corrected chi connectivity index (χ1v) is 8.11. The van der Waals surface area contributed by atoms with Crippen LogP contribution < -0.4 is 10.6 Å². The Hall–Kier alpha value is -2.16. The van der Waals surface area contributed by atoms with Crippen molar-refractivity contribution in [3.8, 4) is 11.4 Å². The van der Waals surface area contributed by atoms with Gasteiger partial charge in [-0.25, -0.2) is 19.3 Å². The number of hydrogen-bond acceptors (Lipinski definition) is 6. The first kappa shape index (κ1) is 17.7. The molecule has 7 nitrogen and oxygen atoms in total. The second-order valence-electron chi connectivity index (χ2n) is 5.56. The van der Waals surface area contributed by atoms with E-state index in [1.165, 1.54) is 13.4 Å². The average Bonchev–Trinajstić information content (AvgIpc) is 2.67. The first-order chi connectivity index (χ1) is 12.1. The minimum Gasteiger partial charge on any atom is -0.370 e. The lowest BCUT2D eigenvalue weighted by Gasteiger charge is -2.29. The number of rotatable bonds is 4. The molecule has 3 heterocycles. The van der Waals surface area contributed by atoms with Crippen LogP contribution in [0.25, 0.3) is 11.4 Å². The summed E-state index contributed by atoms with van der Waals surface area (Å²) in [5.41, 5.74) is 2.02. The largest absolute Gasteiger partial charge is 0.370 e. The average molecular weight is 366 g/mol. The van der Waals surface area contributed by atoms with Crippen molar-refractivity contribution in [1.29, 1.82) is 0 Å². The zero-order chi connectivity index (χ0) is 17.8. The third-order valence-electron chi connectivity index (χ3n) is 3.85. The molecular formula is C16H17ClFN5O2. The summed E-state index contributed by atoms with van der Waals surface area (Å²) in [6.07, 6.45) is 1.04. The molecule has 0 saturated carbocycles. The molecule has 3 rings (SSSR count). The highest BCUT2D eigenvalue weighted by Gasteiger charge is 2.23. The Bertz CT molecular complexity index is 768. The molecule has 2 atom stereocenters. The molecule has 0 aromatic carbocycles. The molecule has 1 saturated heterocycles. The molecule has 0 aliphatic carbocycles. The molecule has 1 aliphatic heterocycles. The molecule has 1 amide bonds. The number of alkyl halides is 1. The van der Waals surface area contributed by atoms with E-state index in [9.17, 15) is 9.18 Å². The van der Waals surface area contributed by atoms with Gasteiger partial charge in [0.1, 0.15) is 23.8 Å². The van der Waals surface area contributed by atoms with Gasteiger partial charge in [0.2, 0.25) is 0 Å². The van der Waals surface area contributed by atoms with Gasteiger partial charge in [0.15, 0.2) is 0 Å². The van der Waals surface area contributed by atoms with Crippen LogP contribution in [0.4, 0.5) is 4.39 Å². The lowest BCUT2D eigenvalue weighted by atomic mass is 10.1. The summed E-state index contributed by atoms with van der Waals surface area (Å²) in [7, 11) is 1.53. The third-order valence-corrected chi connectivity index (χ3v) is 4.05. The van der Waals surface area contributed by atoms with Gasteiger partial charge < -0.3 is 15.4 Å². The van der Waals surface area contributed by atoms with Crippen molar-refractivity contribution < 1.29 is 13.9 Å². The number of carbonyl (C=O) groups excluding carboxylic acids is 1. The molecule has 0 unspecified atom stereocenters. The monoisotopic (exact) mass is 365 g/mol. The smallest absolute Gasteiger partial charge is 0.269 e. The number of pyridine rings is 1. The minimum atomic E-state index is -0.474. The van der Waals surface area contributed by atoms with Gasteiger partial charge in [-0.1, -0.05) is 11.6 Å². The Morgan fingerprint density at radius 2 is 2.24 bits per heavy atom. The molecule has 0 radical (unpaired) electrons. The molecule has 0 bridgehead atoms. The molecule has 0 spiro atoms. The zero-order valence-electron chi connectivity index (χ0n) is 13.5. The lowest BCUT2D eigenvalue weighted by Crippen LogP contribution is -2.44.